The van der Waals surface area contributed by atoms with Crippen LogP contribution in [0, 0.1) is 0 Å². The van der Waals surface area contributed by atoms with E-state index in [9.17, 15) is 19.0 Å². The van der Waals surface area contributed by atoms with Crippen LogP contribution >= 0.6 is 7.82 Å². The van der Waals surface area contributed by atoms with E-state index in [4.69, 9.17) is 13.8 Å². The van der Waals surface area contributed by atoms with Crippen LogP contribution < -0.4 is 5.32 Å². The van der Waals surface area contributed by atoms with E-state index in [1.165, 1.54) is 218 Å². The summed E-state index contributed by atoms with van der Waals surface area (Å²) >= 11 is 0. The van der Waals surface area contributed by atoms with Gasteiger partial charge in [0.2, 0.25) is 5.91 Å². The van der Waals surface area contributed by atoms with Gasteiger partial charge >= 0.3 is 13.8 Å². The lowest BCUT2D eigenvalue weighted by Gasteiger charge is -2.27. The Morgan fingerprint density at radius 2 is 0.736 bits per heavy atom. The molecule has 2 N–H and O–H groups in total. The first kappa shape index (κ1) is 84.5. The number of quaternary nitrogens is 1. The van der Waals surface area contributed by atoms with Gasteiger partial charge in [-0.15, -0.1) is 0 Å². The Hall–Kier alpha value is -2.55. The molecular formula is C77H144N2O7P+. The molecule has 9 nitrogen and oxygen atoms in total. The van der Waals surface area contributed by atoms with E-state index in [0.29, 0.717) is 23.9 Å². The molecule has 10 heteroatoms. The van der Waals surface area contributed by atoms with Crippen molar-refractivity contribution in [1.29, 1.82) is 0 Å². The smallest absolute Gasteiger partial charge is 0.456 e. The number of likely N-dealkylation sites (N-methyl/N-ethyl adjacent to an activating group) is 1. The number of carbonyl (C=O) groups is 2. The molecule has 3 unspecified atom stereocenters. The zero-order valence-electron chi connectivity index (χ0n) is 58.3. The molecule has 0 aliphatic carbocycles. The molecule has 0 aliphatic rings. The lowest BCUT2D eigenvalue weighted by atomic mass is 10.0. The molecule has 508 valence electrons. The normalized spacial score (nSPS) is 13.9. The van der Waals surface area contributed by atoms with E-state index in [0.717, 1.165) is 103 Å². The summed E-state index contributed by atoms with van der Waals surface area (Å²) < 4.78 is 30.9. The van der Waals surface area contributed by atoms with Crippen molar-refractivity contribution in [2.75, 3.05) is 40.9 Å². The molecule has 0 saturated heterocycles. The number of carbonyl (C=O) groups excluding carboxylic acids is 2. The van der Waals surface area contributed by atoms with Gasteiger partial charge in [-0.25, -0.2) is 4.57 Å². The molecule has 87 heavy (non-hydrogen) atoms. The highest BCUT2D eigenvalue weighted by Gasteiger charge is 2.30. The summed E-state index contributed by atoms with van der Waals surface area (Å²) in [5.74, 6) is -0.503. The van der Waals surface area contributed by atoms with Crippen LogP contribution in [0.1, 0.15) is 355 Å². The average molecular weight is 1240 g/mol. The Morgan fingerprint density at radius 3 is 1.10 bits per heavy atom. The van der Waals surface area contributed by atoms with Crippen molar-refractivity contribution in [1.82, 2.24) is 5.32 Å². The first-order valence-electron chi connectivity index (χ1n) is 37.3. The first-order chi connectivity index (χ1) is 42.4. The minimum atomic E-state index is -4.46. The Bertz CT molecular complexity index is 1720. The van der Waals surface area contributed by atoms with Gasteiger partial charge in [-0.1, -0.05) is 338 Å². The monoisotopic (exact) mass is 1240 g/mol. The maximum atomic E-state index is 13.6. The average Bonchev–Trinajstić information content (AvgIpc) is 3.69. The van der Waals surface area contributed by atoms with Crippen molar-refractivity contribution >= 4 is 19.7 Å². The summed E-state index contributed by atoms with van der Waals surface area (Å²) in [5.41, 5.74) is 0. The van der Waals surface area contributed by atoms with Crippen molar-refractivity contribution in [3.05, 3.63) is 72.9 Å². The molecule has 0 rings (SSSR count). The maximum absolute atomic E-state index is 13.6. The maximum Gasteiger partial charge on any atom is 0.472 e. The summed E-state index contributed by atoms with van der Waals surface area (Å²) in [6, 6.07) is -0.857. The fourth-order valence-corrected chi connectivity index (χ4v) is 11.7. The Morgan fingerprint density at radius 1 is 0.414 bits per heavy atom. The second-order valence-corrected chi connectivity index (χ2v) is 27.9. The number of nitrogens with one attached hydrogen (secondary N) is 1. The summed E-state index contributed by atoms with van der Waals surface area (Å²) in [6.07, 6.45) is 87.8. The molecule has 0 aromatic rings. The lowest BCUT2D eigenvalue weighted by Crippen LogP contribution is -2.47. The van der Waals surface area contributed by atoms with Gasteiger partial charge in [0.05, 0.1) is 33.8 Å². The highest BCUT2D eigenvalue weighted by atomic mass is 31.2. The number of hydrogen-bond acceptors (Lipinski definition) is 6. The molecule has 0 radical (unpaired) electrons. The third kappa shape index (κ3) is 67.7. The number of amides is 1. The zero-order chi connectivity index (χ0) is 63.5. The van der Waals surface area contributed by atoms with Crippen LogP contribution in [0.2, 0.25) is 0 Å². The van der Waals surface area contributed by atoms with Crippen molar-refractivity contribution in [2.24, 2.45) is 0 Å². The molecule has 0 aromatic heterocycles. The third-order valence-electron chi connectivity index (χ3n) is 16.7. The standard InChI is InChI=1S/C77H143N2O7P/c1-7-10-13-16-19-22-25-28-30-32-34-36-38-39-41-43-45-47-49-52-55-58-61-64-67-70-77(81)86-75(68-65-62-59-56-53-50-27-24-21-18-15-12-9-3)74(73-85-87(82,83)84-72-71-79(4,5)6)78-76(80)69-66-63-60-57-54-51-48-46-44-42-40-37-35-33-31-29-26-23-20-17-14-11-8-2/h11,14,20,23,29,31,35,37,42,44,65,68,74-75H,7-10,12-13,15-19,21-22,24-28,30,32-34,36,38-41,43,45-64,66-67,69-73H2,1-6H3,(H-,78,80,82,83)/p+1/b14-11-,23-20-,31-29-,37-35-,44-42-,68-65+. The van der Waals surface area contributed by atoms with E-state index in [-0.39, 0.29) is 25.1 Å². The molecular weight excluding hydrogens is 1100 g/mol. The van der Waals surface area contributed by atoms with Gasteiger partial charge in [-0.3, -0.25) is 18.6 Å². The largest absolute Gasteiger partial charge is 0.472 e. The molecule has 0 bridgehead atoms. The number of unbranched alkanes of at least 4 members (excludes halogenated alkanes) is 42. The number of nitrogens with zero attached hydrogens (tertiary/aromatic N) is 1. The summed E-state index contributed by atoms with van der Waals surface area (Å²) in [5, 5.41) is 3.07. The molecule has 0 aromatic carbocycles. The van der Waals surface area contributed by atoms with Gasteiger partial charge in [-0.2, -0.15) is 0 Å². The van der Waals surface area contributed by atoms with Crippen LogP contribution in [0.3, 0.4) is 0 Å². The molecule has 0 saturated carbocycles. The number of phosphoric acid groups is 1. The Balaban J connectivity index is 5.06. The number of esters is 1. The van der Waals surface area contributed by atoms with Crippen molar-refractivity contribution in [3.63, 3.8) is 0 Å². The Labute approximate surface area is 540 Å². The SMILES string of the molecule is CC/C=C\C/C=C\C/C=C\C/C=C\C/C=C\CCCCCCCCCC(=O)NC(COP(=O)(O)OCC[N+](C)(C)C)C(/C=C/CCCCCCCCCCCCC)OC(=O)CCCCCCCCCCCCCCCCCCCCCCCCCCC. The topological polar surface area (TPSA) is 111 Å². The summed E-state index contributed by atoms with van der Waals surface area (Å²) in [7, 11) is 1.50. The third-order valence-corrected chi connectivity index (χ3v) is 17.6. The molecule has 1 amide bonds. The molecule has 0 fully saturated rings. The van der Waals surface area contributed by atoms with E-state index in [1.54, 1.807) is 0 Å². The zero-order valence-corrected chi connectivity index (χ0v) is 59.2. The number of allylic oxidation sites excluding steroid dienone is 11. The van der Waals surface area contributed by atoms with Gasteiger partial charge in [0.25, 0.3) is 0 Å². The van der Waals surface area contributed by atoms with Crippen LogP contribution in [-0.4, -0.2) is 74.3 Å². The van der Waals surface area contributed by atoms with E-state index in [1.807, 2.05) is 33.3 Å². The number of phosphoric ester groups is 1. The number of ether oxygens (including phenoxy) is 1. The fraction of sp³-hybridized carbons (Fsp3) is 0.818. The number of rotatable bonds is 68. The predicted molar refractivity (Wildman–Crippen MR) is 378 cm³/mol. The van der Waals surface area contributed by atoms with Crippen LogP contribution in [0.4, 0.5) is 0 Å². The van der Waals surface area contributed by atoms with Gasteiger partial charge in [0.15, 0.2) is 0 Å². The highest BCUT2D eigenvalue weighted by Crippen LogP contribution is 2.43. The first-order valence-corrected chi connectivity index (χ1v) is 38.8. The number of hydrogen-bond donors (Lipinski definition) is 2. The minimum absolute atomic E-state index is 0.0372. The quantitative estimate of drug-likeness (QED) is 0.0205. The Kier molecular flexibility index (Phi) is 64.4. The predicted octanol–water partition coefficient (Wildman–Crippen LogP) is 23.9. The lowest BCUT2D eigenvalue weighted by molar-refractivity contribution is -0.870. The van der Waals surface area contributed by atoms with E-state index in [2.05, 4.69) is 86.8 Å². The van der Waals surface area contributed by atoms with Crippen LogP contribution in [0.25, 0.3) is 0 Å². The van der Waals surface area contributed by atoms with Crippen molar-refractivity contribution < 1.29 is 37.3 Å². The van der Waals surface area contributed by atoms with Gasteiger partial charge < -0.3 is 19.4 Å². The van der Waals surface area contributed by atoms with Gasteiger partial charge in [-0.05, 0) is 76.7 Å². The van der Waals surface area contributed by atoms with Gasteiger partial charge in [0.1, 0.15) is 19.3 Å². The highest BCUT2D eigenvalue weighted by molar-refractivity contribution is 7.47. The van der Waals surface area contributed by atoms with E-state index >= 15 is 0 Å². The second kappa shape index (κ2) is 66.4. The van der Waals surface area contributed by atoms with Crippen LogP contribution in [-0.2, 0) is 27.9 Å². The molecule has 3 atom stereocenters. The van der Waals surface area contributed by atoms with Crippen molar-refractivity contribution in [3.8, 4) is 0 Å². The van der Waals surface area contributed by atoms with E-state index < -0.39 is 20.0 Å². The molecule has 0 aliphatic heterocycles. The van der Waals surface area contributed by atoms with Crippen LogP contribution in [0.5, 0.6) is 0 Å². The molecule has 0 heterocycles. The van der Waals surface area contributed by atoms with Gasteiger partial charge in [0, 0.05) is 12.8 Å². The molecule has 0 spiro atoms. The van der Waals surface area contributed by atoms with Crippen LogP contribution in [0.15, 0.2) is 72.9 Å². The fourth-order valence-electron chi connectivity index (χ4n) is 11.0. The minimum Gasteiger partial charge on any atom is -0.456 e. The summed E-state index contributed by atoms with van der Waals surface area (Å²) in [4.78, 5) is 38.0. The second-order valence-electron chi connectivity index (χ2n) is 26.4. The van der Waals surface area contributed by atoms with Crippen molar-refractivity contribution in [2.45, 2.75) is 367 Å². The summed E-state index contributed by atoms with van der Waals surface area (Å²) in [6.45, 7) is 6.94.